The van der Waals surface area contributed by atoms with Crippen LogP contribution in [0.2, 0.25) is 0 Å². The number of nitrogens with one attached hydrogen (secondary N) is 1. The fourth-order valence-electron chi connectivity index (χ4n) is 1.60. The van der Waals surface area contributed by atoms with Gasteiger partial charge in [0.2, 0.25) is 5.91 Å². The summed E-state index contributed by atoms with van der Waals surface area (Å²) in [6.45, 7) is 5.31. The Morgan fingerprint density at radius 2 is 1.78 bits per heavy atom. The van der Waals surface area contributed by atoms with Crippen molar-refractivity contribution in [1.29, 1.82) is 0 Å². The van der Waals surface area contributed by atoms with Crippen LogP contribution in [0.25, 0.3) is 0 Å². The van der Waals surface area contributed by atoms with Crippen LogP contribution < -0.4 is 11.1 Å². The van der Waals surface area contributed by atoms with Gasteiger partial charge in [0, 0.05) is 12.6 Å². The van der Waals surface area contributed by atoms with Crippen molar-refractivity contribution in [2.24, 2.45) is 11.7 Å². The molecule has 0 aliphatic carbocycles. The van der Waals surface area contributed by atoms with Crippen LogP contribution in [0.15, 0.2) is 24.3 Å². The topological polar surface area (TPSA) is 75.4 Å². The van der Waals surface area contributed by atoms with Crippen molar-refractivity contribution < 1.29 is 9.90 Å². The van der Waals surface area contributed by atoms with E-state index in [2.05, 4.69) is 5.32 Å². The van der Waals surface area contributed by atoms with E-state index >= 15 is 0 Å². The van der Waals surface area contributed by atoms with Crippen LogP contribution in [0.1, 0.15) is 32.4 Å². The number of amides is 1. The van der Waals surface area contributed by atoms with E-state index < -0.39 is 12.1 Å². The molecule has 1 aromatic rings. The second-order valence-corrected chi connectivity index (χ2v) is 4.56. The summed E-state index contributed by atoms with van der Waals surface area (Å²) in [6, 6.07) is 6.80. The molecule has 0 spiro atoms. The molecule has 4 nitrogen and oxygen atoms in total. The molecule has 0 saturated carbocycles. The van der Waals surface area contributed by atoms with Crippen molar-refractivity contribution in [2.45, 2.75) is 32.9 Å². The lowest BCUT2D eigenvalue weighted by atomic mass is 9.94. The smallest absolute Gasteiger partial charge is 0.221 e. The predicted octanol–water partition coefficient (Wildman–Crippen LogP) is 2.08. The molecule has 102 valence electrons. The van der Waals surface area contributed by atoms with Gasteiger partial charge in [-0.25, -0.2) is 0 Å². The monoisotopic (exact) mass is 272 g/mol. The van der Waals surface area contributed by atoms with Crippen LogP contribution in [0.3, 0.4) is 0 Å². The number of benzene rings is 1. The van der Waals surface area contributed by atoms with Gasteiger partial charge in [-0.1, -0.05) is 26.0 Å². The normalized spacial score (nSPS) is 13.7. The summed E-state index contributed by atoms with van der Waals surface area (Å²) >= 11 is 0. The molecular formula is C13H21ClN2O2. The van der Waals surface area contributed by atoms with Gasteiger partial charge in [-0.15, -0.1) is 12.4 Å². The van der Waals surface area contributed by atoms with Gasteiger partial charge >= 0.3 is 0 Å². The highest BCUT2D eigenvalue weighted by Crippen LogP contribution is 2.21. The third kappa shape index (κ3) is 4.64. The quantitative estimate of drug-likeness (QED) is 0.786. The van der Waals surface area contributed by atoms with E-state index in [-0.39, 0.29) is 24.2 Å². The van der Waals surface area contributed by atoms with Crippen LogP contribution in [-0.2, 0) is 4.79 Å². The summed E-state index contributed by atoms with van der Waals surface area (Å²) in [4.78, 5) is 10.9. The van der Waals surface area contributed by atoms with Gasteiger partial charge in [-0.2, -0.15) is 0 Å². The number of nitrogens with two attached hydrogens (primary N) is 1. The van der Waals surface area contributed by atoms with Crippen LogP contribution in [-0.4, -0.2) is 17.1 Å². The molecule has 2 atom stereocenters. The highest BCUT2D eigenvalue weighted by atomic mass is 35.5. The Balaban J connectivity index is 0.00000289. The van der Waals surface area contributed by atoms with Crippen LogP contribution in [0.5, 0.6) is 0 Å². The van der Waals surface area contributed by atoms with Gasteiger partial charge in [0.1, 0.15) is 0 Å². The maximum atomic E-state index is 10.9. The molecule has 18 heavy (non-hydrogen) atoms. The highest BCUT2D eigenvalue weighted by Gasteiger charge is 2.19. The fraction of sp³-hybridized carbons (Fsp3) is 0.462. The van der Waals surface area contributed by atoms with Crippen molar-refractivity contribution in [1.82, 2.24) is 0 Å². The lowest BCUT2D eigenvalue weighted by molar-refractivity contribution is -0.114. The van der Waals surface area contributed by atoms with E-state index in [0.29, 0.717) is 0 Å². The third-order valence-electron chi connectivity index (χ3n) is 2.67. The van der Waals surface area contributed by atoms with Crippen molar-refractivity contribution in [3.05, 3.63) is 29.8 Å². The molecule has 1 aromatic carbocycles. The number of rotatable bonds is 4. The minimum Gasteiger partial charge on any atom is -0.391 e. The molecule has 4 N–H and O–H groups in total. The molecule has 0 unspecified atom stereocenters. The Hall–Kier alpha value is -1.10. The lowest BCUT2D eigenvalue weighted by Crippen LogP contribution is -2.30. The number of halogens is 1. The molecule has 1 rings (SSSR count). The summed E-state index contributed by atoms with van der Waals surface area (Å²) in [5, 5.41) is 12.5. The molecule has 0 aliphatic heterocycles. The first-order valence-corrected chi connectivity index (χ1v) is 5.73. The first-order chi connectivity index (χ1) is 7.91. The molecule has 0 radical (unpaired) electrons. The number of carbonyl (C=O) groups excluding carboxylic acids is 1. The largest absolute Gasteiger partial charge is 0.391 e. The molecule has 0 heterocycles. The molecule has 0 fully saturated rings. The zero-order valence-electron chi connectivity index (χ0n) is 10.9. The Morgan fingerprint density at radius 1 is 1.28 bits per heavy atom. The molecule has 0 bridgehead atoms. The lowest BCUT2D eigenvalue weighted by Gasteiger charge is -2.22. The molecule has 0 aromatic heterocycles. The van der Waals surface area contributed by atoms with E-state index in [1.54, 1.807) is 12.1 Å². The van der Waals surface area contributed by atoms with Crippen molar-refractivity contribution in [3.63, 3.8) is 0 Å². The Kier molecular flexibility index (Phi) is 6.91. The van der Waals surface area contributed by atoms with Crippen molar-refractivity contribution in [2.75, 3.05) is 5.32 Å². The average molecular weight is 273 g/mol. The van der Waals surface area contributed by atoms with E-state index in [9.17, 15) is 9.90 Å². The minimum atomic E-state index is -0.568. The van der Waals surface area contributed by atoms with Gasteiger partial charge in [0.15, 0.2) is 0 Å². The highest BCUT2D eigenvalue weighted by molar-refractivity contribution is 5.88. The van der Waals surface area contributed by atoms with E-state index in [1.165, 1.54) is 6.92 Å². The summed E-state index contributed by atoms with van der Waals surface area (Å²) in [6.07, 6.45) is -0.568. The third-order valence-corrected chi connectivity index (χ3v) is 2.67. The Labute approximate surface area is 114 Å². The molecule has 0 saturated heterocycles. The predicted molar refractivity (Wildman–Crippen MR) is 75.8 cm³/mol. The first kappa shape index (κ1) is 16.9. The number of hydrogen-bond acceptors (Lipinski definition) is 3. The number of aliphatic hydroxyl groups is 1. The SMILES string of the molecule is CC(=O)Nc1ccc([C@@H](N)[C@@H](O)C(C)C)cc1.Cl. The molecule has 0 aliphatic rings. The summed E-state index contributed by atoms with van der Waals surface area (Å²) in [5.74, 6) is 0.00397. The maximum absolute atomic E-state index is 10.9. The van der Waals surface area contributed by atoms with Crippen molar-refractivity contribution >= 4 is 24.0 Å². The first-order valence-electron chi connectivity index (χ1n) is 5.73. The second-order valence-electron chi connectivity index (χ2n) is 4.56. The average Bonchev–Trinajstić information content (AvgIpc) is 2.27. The summed E-state index contributed by atoms with van der Waals surface area (Å²) < 4.78 is 0. The van der Waals surface area contributed by atoms with Gasteiger partial charge in [-0.05, 0) is 23.6 Å². The second kappa shape index (κ2) is 7.36. The Morgan fingerprint density at radius 3 is 2.17 bits per heavy atom. The van der Waals surface area contributed by atoms with E-state index in [4.69, 9.17) is 5.73 Å². The number of aliphatic hydroxyl groups excluding tert-OH is 1. The van der Waals surface area contributed by atoms with Gasteiger partial charge < -0.3 is 16.2 Å². The van der Waals surface area contributed by atoms with E-state index in [0.717, 1.165) is 11.3 Å². The van der Waals surface area contributed by atoms with Gasteiger partial charge in [-0.3, -0.25) is 4.79 Å². The molecule has 5 heteroatoms. The number of hydrogen-bond donors (Lipinski definition) is 3. The van der Waals surface area contributed by atoms with Crippen LogP contribution in [0.4, 0.5) is 5.69 Å². The van der Waals surface area contributed by atoms with Gasteiger partial charge in [0.05, 0.1) is 12.1 Å². The molecular weight excluding hydrogens is 252 g/mol. The Bertz CT molecular complexity index is 379. The minimum absolute atomic E-state index is 0. The zero-order chi connectivity index (χ0) is 13.0. The maximum Gasteiger partial charge on any atom is 0.221 e. The van der Waals surface area contributed by atoms with Crippen LogP contribution in [0, 0.1) is 5.92 Å². The standard InChI is InChI=1S/C13H20N2O2.ClH/c1-8(2)13(17)12(14)10-4-6-11(7-5-10)15-9(3)16;/h4-8,12-13,17H,14H2,1-3H3,(H,15,16);1H/t12-,13+;/m1./s1. The molecule has 1 amide bonds. The van der Waals surface area contributed by atoms with Crippen molar-refractivity contribution in [3.8, 4) is 0 Å². The number of anilines is 1. The fourth-order valence-corrected chi connectivity index (χ4v) is 1.60. The zero-order valence-corrected chi connectivity index (χ0v) is 11.7. The number of carbonyl (C=O) groups is 1. The van der Waals surface area contributed by atoms with Crippen LogP contribution >= 0.6 is 12.4 Å². The van der Waals surface area contributed by atoms with Gasteiger partial charge in [0.25, 0.3) is 0 Å². The summed E-state index contributed by atoms with van der Waals surface area (Å²) in [5.41, 5.74) is 7.54. The van der Waals surface area contributed by atoms with E-state index in [1.807, 2.05) is 26.0 Å². The summed E-state index contributed by atoms with van der Waals surface area (Å²) in [7, 11) is 0.